The Morgan fingerprint density at radius 3 is 2.52 bits per heavy atom. The van der Waals surface area contributed by atoms with Crippen molar-refractivity contribution in [3.8, 4) is 0 Å². The molecule has 2 rings (SSSR count). The fourth-order valence-corrected chi connectivity index (χ4v) is 2.28. The molecule has 23 heavy (non-hydrogen) atoms. The predicted molar refractivity (Wildman–Crippen MR) is 94.1 cm³/mol. The van der Waals surface area contributed by atoms with E-state index >= 15 is 0 Å². The highest BCUT2D eigenvalue weighted by Gasteiger charge is 2.10. The van der Waals surface area contributed by atoms with E-state index in [1.165, 1.54) is 5.56 Å². The summed E-state index contributed by atoms with van der Waals surface area (Å²) in [5.41, 5.74) is 3.47. The first kappa shape index (κ1) is 16.9. The maximum Gasteiger partial charge on any atom is 0.258 e. The molecule has 1 N–H and O–H groups in total. The summed E-state index contributed by atoms with van der Waals surface area (Å²) in [6.45, 7) is 7.06. The van der Waals surface area contributed by atoms with Gasteiger partial charge in [-0.25, -0.2) is 9.97 Å². The summed E-state index contributed by atoms with van der Waals surface area (Å²) in [6.07, 6.45) is 5.36. The van der Waals surface area contributed by atoms with Crippen LogP contribution in [0.15, 0.2) is 30.6 Å². The maximum absolute atomic E-state index is 12.3. The van der Waals surface area contributed by atoms with Gasteiger partial charge >= 0.3 is 0 Å². The van der Waals surface area contributed by atoms with Gasteiger partial charge in [-0.2, -0.15) is 0 Å². The van der Waals surface area contributed by atoms with Gasteiger partial charge in [0.25, 0.3) is 5.91 Å². The van der Waals surface area contributed by atoms with Gasteiger partial charge < -0.3 is 10.2 Å². The first-order valence-corrected chi connectivity index (χ1v) is 7.93. The third-order valence-electron chi connectivity index (χ3n) is 3.72. The molecule has 1 amide bonds. The molecule has 0 saturated heterocycles. The highest BCUT2D eigenvalue weighted by Crippen LogP contribution is 2.17. The van der Waals surface area contributed by atoms with Crippen LogP contribution in [0.5, 0.6) is 0 Å². The SMILES string of the molecule is CCCCN(C)c1ncc(C(=O)Nc2ccc(C)cc2C)cn1. The second kappa shape index (κ2) is 7.72. The van der Waals surface area contributed by atoms with Gasteiger partial charge in [0.2, 0.25) is 5.95 Å². The van der Waals surface area contributed by atoms with Crippen molar-refractivity contribution in [2.24, 2.45) is 0 Å². The summed E-state index contributed by atoms with van der Waals surface area (Å²) in [5, 5.41) is 2.90. The lowest BCUT2D eigenvalue weighted by molar-refractivity contribution is 0.102. The number of hydrogen-bond donors (Lipinski definition) is 1. The number of nitrogens with zero attached hydrogens (tertiary/aromatic N) is 3. The number of benzene rings is 1. The second-order valence-corrected chi connectivity index (χ2v) is 5.82. The van der Waals surface area contributed by atoms with Crippen molar-refractivity contribution in [2.75, 3.05) is 23.8 Å². The van der Waals surface area contributed by atoms with Gasteiger partial charge in [-0.05, 0) is 31.9 Å². The predicted octanol–water partition coefficient (Wildman–Crippen LogP) is 3.58. The van der Waals surface area contributed by atoms with E-state index in [1.54, 1.807) is 12.4 Å². The number of rotatable bonds is 6. The van der Waals surface area contributed by atoms with E-state index in [-0.39, 0.29) is 5.91 Å². The van der Waals surface area contributed by atoms with Crippen LogP contribution in [-0.4, -0.2) is 29.5 Å². The summed E-state index contributed by atoms with van der Waals surface area (Å²) in [7, 11) is 1.96. The van der Waals surface area contributed by atoms with E-state index in [0.29, 0.717) is 11.5 Å². The topological polar surface area (TPSA) is 58.1 Å². The summed E-state index contributed by atoms with van der Waals surface area (Å²) in [6, 6.07) is 5.93. The van der Waals surface area contributed by atoms with Gasteiger partial charge in [0.05, 0.1) is 5.56 Å². The number of amides is 1. The zero-order valence-corrected chi connectivity index (χ0v) is 14.3. The molecule has 0 radical (unpaired) electrons. The zero-order valence-electron chi connectivity index (χ0n) is 14.3. The molecule has 122 valence electrons. The lowest BCUT2D eigenvalue weighted by atomic mass is 10.1. The normalized spacial score (nSPS) is 10.4. The Labute approximate surface area is 137 Å². The van der Waals surface area contributed by atoms with E-state index in [0.717, 1.165) is 30.6 Å². The van der Waals surface area contributed by atoms with Gasteiger partial charge in [0, 0.05) is 31.7 Å². The molecule has 1 heterocycles. The highest BCUT2D eigenvalue weighted by atomic mass is 16.1. The standard InChI is InChI=1S/C18H24N4O/c1-5-6-9-22(4)18-19-11-15(12-20-18)17(23)21-16-8-7-13(2)10-14(16)3/h7-8,10-12H,5-6,9H2,1-4H3,(H,21,23). The van der Waals surface area contributed by atoms with Crippen LogP contribution in [0.1, 0.15) is 41.3 Å². The van der Waals surface area contributed by atoms with Gasteiger partial charge in [-0.1, -0.05) is 31.0 Å². The number of anilines is 2. The molecule has 5 nitrogen and oxygen atoms in total. The lowest BCUT2D eigenvalue weighted by Crippen LogP contribution is -2.21. The number of aromatic nitrogens is 2. The van der Waals surface area contributed by atoms with E-state index in [9.17, 15) is 4.79 Å². The maximum atomic E-state index is 12.3. The van der Waals surface area contributed by atoms with Crippen molar-refractivity contribution in [3.63, 3.8) is 0 Å². The lowest BCUT2D eigenvalue weighted by Gasteiger charge is -2.16. The molecule has 5 heteroatoms. The number of nitrogens with one attached hydrogen (secondary N) is 1. The zero-order chi connectivity index (χ0) is 16.8. The average Bonchev–Trinajstić information content (AvgIpc) is 2.55. The third-order valence-corrected chi connectivity index (χ3v) is 3.72. The van der Waals surface area contributed by atoms with Gasteiger partial charge in [-0.3, -0.25) is 4.79 Å². The minimum Gasteiger partial charge on any atom is -0.344 e. The summed E-state index contributed by atoms with van der Waals surface area (Å²) >= 11 is 0. The Balaban J connectivity index is 2.05. The number of hydrogen-bond acceptors (Lipinski definition) is 4. The van der Waals surface area contributed by atoms with Crippen molar-refractivity contribution in [1.82, 2.24) is 9.97 Å². The van der Waals surface area contributed by atoms with Crippen LogP contribution in [0.25, 0.3) is 0 Å². The Bertz CT molecular complexity index is 667. The van der Waals surface area contributed by atoms with E-state index in [2.05, 4.69) is 22.2 Å². The largest absolute Gasteiger partial charge is 0.344 e. The minimum absolute atomic E-state index is 0.195. The highest BCUT2D eigenvalue weighted by molar-refractivity contribution is 6.04. The molecule has 0 fully saturated rings. The molecule has 2 aromatic rings. The Hall–Kier alpha value is -2.43. The summed E-state index contributed by atoms with van der Waals surface area (Å²) in [5.74, 6) is 0.446. The Morgan fingerprint density at radius 1 is 1.22 bits per heavy atom. The van der Waals surface area contributed by atoms with Crippen molar-refractivity contribution in [3.05, 3.63) is 47.3 Å². The molecule has 0 spiro atoms. The number of carbonyl (C=O) groups is 1. The first-order valence-electron chi connectivity index (χ1n) is 7.93. The molecular formula is C18H24N4O. The molecule has 0 aliphatic rings. The van der Waals surface area contributed by atoms with E-state index in [4.69, 9.17) is 0 Å². The summed E-state index contributed by atoms with van der Waals surface area (Å²) < 4.78 is 0. The molecule has 1 aromatic heterocycles. The third kappa shape index (κ3) is 4.52. The fraction of sp³-hybridized carbons (Fsp3) is 0.389. The number of aryl methyl sites for hydroxylation is 2. The Kier molecular flexibility index (Phi) is 5.68. The minimum atomic E-state index is -0.195. The summed E-state index contributed by atoms with van der Waals surface area (Å²) in [4.78, 5) is 22.9. The number of unbranched alkanes of at least 4 members (excludes halogenated alkanes) is 1. The molecule has 0 aliphatic heterocycles. The van der Waals surface area contributed by atoms with Gasteiger partial charge in [-0.15, -0.1) is 0 Å². The van der Waals surface area contributed by atoms with Crippen molar-refractivity contribution in [1.29, 1.82) is 0 Å². The van der Waals surface area contributed by atoms with Crippen LogP contribution in [0.3, 0.4) is 0 Å². The van der Waals surface area contributed by atoms with Crippen molar-refractivity contribution < 1.29 is 4.79 Å². The molecule has 1 aromatic carbocycles. The monoisotopic (exact) mass is 312 g/mol. The second-order valence-electron chi connectivity index (χ2n) is 5.82. The molecule has 0 bridgehead atoms. The van der Waals surface area contributed by atoms with Gasteiger partial charge in [0.15, 0.2) is 0 Å². The van der Waals surface area contributed by atoms with Crippen molar-refractivity contribution in [2.45, 2.75) is 33.6 Å². The van der Waals surface area contributed by atoms with Gasteiger partial charge in [0.1, 0.15) is 0 Å². The number of carbonyl (C=O) groups excluding carboxylic acids is 1. The molecule has 0 unspecified atom stereocenters. The van der Waals surface area contributed by atoms with E-state index in [1.807, 2.05) is 44.0 Å². The van der Waals surface area contributed by atoms with Crippen LogP contribution in [0, 0.1) is 13.8 Å². The average molecular weight is 312 g/mol. The fourth-order valence-electron chi connectivity index (χ4n) is 2.28. The molecular weight excluding hydrogens is 288 g/mol. The first-order chi connectivity index (χ1) is 11.0. The van der Waals surface area contributed by atoms with Crippen LogP contribution in [-0.2, 0) is 0 Å². The van der Waals surface area contributed by atoms with Crippen molar-refractivity contribution >= 4 is 17.5 Å². The smallest absolute Gasteiger partial charge is 0.258 e. The van der Waals surface area contributed by atoms with E-state index < -0.39 is 0 Å². The van der Waals surface area contributed by atoms with Crippen LogP contribution >= 0.6 is 0 Å². The molecule has 0 aliphatic carbocycles. The van der Waals surface area contributed by atoms with Crippen LogP contribution in [0.2, 0.25) is 0 Å². The van der Waals surface area contributed by atoms with Crippen LogP contribution < -0.4 is 10.2 Å². The Morgan fingerprint density at radius 2 is 1.91 bits per heavy atom. The molecule has 0 atom stereocenters. The molecule has 0 saturated carbocycles. The quantitative estimate of drug-likeness (QED) is 0.885. The van der Waals surface area contributed by atoms with Crippen LogP contribution in [0.4, 0.5) is 11.6 Å².